The number of aliphatic hydroxyl groups excluding tert-OH is 1. The maximum absolute atomic E-state index is 15.5. The van der Waals surface area contributed by atoms with Crippen LogP contribution in [0, 0.1) is 11.6 Å². The molecule has 1 aliphatic carbocycles. The summed E-state index contributed by atoms with van der Waals surface area (Å²) < 4.78 is 77.4. The van der Waals surface area contributed by atoms with Gasteiger partial charge in [0.05, 0.1) is 19.3 Å². The Labute approximate surface area is 207 Å². The van der Waals surface area contributed by atoms with E-state index in [0.29, 0.717) is 37.9 Å². The van der Waals surface area contributed by atoms with Gasteiger partial charge in [0.2, 0.25) is 0 Å². The fourth-order valence-electron chi connectivity index (χ4n) is 5.19. The normalized spacial score (nSPS) is 20.0. The predicted octanol–water partition coefficient (Wildman–Crippen LogP) is 5.07. The molecule has 0 saturated heterocycles. The van der Waals surface area contributed by atoms with Gasteiger partial charge in [-0.3, -0.25) is 9.29 Å². The smallest absolute Gasteiger partial charge is 0.283 e. The zero-order valence-electron chi connectivity index (χ0n) is 20.2. The summed E-state index contributed by atoms with van der Waals surface area (Å²) in [7, 11) is 0. The number of halogens is 5. The first-order chi connectivity index (χ1) is 17.3. The van der Waals surface area contributed by atoms with Crippen molar-refractivity contribution in [3.8, 4) is 5.75 Å². The van der Waals surface area contributed by atoms with Gasteiger partial charge in [0.25, 0.3) is 5.92 Å². The minimum atomic E-state index is -3.43. The number of hydrogen-bond donors (Lipinski definition) is 2. The number of ether oxygens (including phenoxy) is 1. The van der Waals surface area contributed by atoms with Crippen molar-refractivity contribution in [1.29, 1.82) is 0 Å². The Morgan fingerprint density at radius 1 is 1.14 bits per heavy atom. The molecule has 0 amide bonds. The van der Waals surface area contributed by atoms with Gasteiger partial charge in [0, 0.05) is 30.3 Å². The zero-order chi connectivity index (χ0) is 25.9. The molecule has 36 heavy (non-hydrogen) atoms. The highest BCUT2D eigenvalue weighted by atomic mass is 19.3. The van der Waals surface area contributed by atoms with Crippen LogP contribution in [0.15, 0.2) is 42.0 Å². The van der Waals surface area contributed by atoms with Gasteiger partial charge in [-0.15, -0.1) is 0 Å². The topological polar surface area (TPSA) is 44.7 Å². The van der Waals surface area contributed by atoms with Crippen molar-refractivity contribution >= 4 is 5.57 Å². The van der Waals surface area contributed by atoms with E-state index in [1.54, 1.807) is 6.92 Å². The van der Waals surface area contributed by atoms with E-state index in [0.717, 1.165) is 28.8 Å². The number of nitrogens with zero attached hydrogens (tertiary/aromatic N) is 1. The summed E-state index contributed by atoms with van der Waals surface area (Å²) in [6, 6.07) is 8.31. The first-order valence-electron chi connectivity index (χ1n) is 12.2. The van der Waals surface area contributed by atoms with Crippen LogP contribution in [0.1, 0.15) is 42.5 Å². The number of rotatable bonds is 11. The van der Waals surface area contributed by atoms with Crippen LogP contribution < -0.4 is 10.1 Å². The number of hydrogen-bond acceptors (Lipinski definition) is 4. The molecule has 2 aliphatic rings. The lowest BCUT2D eigenvalue weighted by molar-refractivity contribution is -0.0861. The van der Waals surface area contributed by atoms with Crippen LogP contribution in [0.4, 0.5) is 22.0 Å². The van der Waals surface area contributed by atoms with Crippen LogP contribution in [0.3, 0.4) is 0 Å². The second-order valence-corrected chi connectivity index (χ2v) is 9.42. The van der Waals surface area contributed by atoms with Gasteiger partial charge in [-0.25, -0.2) is 17.6 Å². The third-order valence-corrected chi connectivity index (χ3v) is 6.84. The van der Waals surface area contributed by atoms with Crippen LogP contribution in [0.5, 0.6) is 5.75 Å². The molecule has 4 nitrogen and oxygen atoms in total. The maximum Gasteiger partial charge on any atom is 0.283 e. The van der Waals surface area contributed by atoms with Crippen molar-refractivity contribution in [2.45, 2.75) is 44.2 Å². The Morgan fingerprint density at radius 2 is 1.86 bits per heavy atom. The Kier molecular flexibility index (Phi) is 8.32. The first-order valence-corrected chi connectivity index (χ1v) is 12.2. The molecule has 1 aliphatic heterocycles. The van der Waals surface area contributed by atoms with E-state index < -0.39 is 49.5 Å². The van der Waals surface area contributed by atoms with Crippen molar-refractivity contribution in [3.63, 3.8) is 0 Å². The van der Waals surface area contributed by atoms with Crippen molar-refractivity contribution < 1.29 is 31.8 Å². The van der Waals surface area contributed by atoms with Crippen molar-refractivity contribution in [3.05, 3.63) is 70.3 Å². The number of alkyl halides is 3. The SMILES string of the molecule is C[C@@H]1CC2=C(Cc3ccccc32)[C@@H](c2c(F)cc(OCCNCCCF)cc2F)N1CC(F)(F)CO. The van der Waals surface area contributed by atoms with Gasteiger partial charge in [-0.2, -0.15) is 0 Å². The van der Waals surface area contributed by atoms with E-state index >= 15 is 8.78 Å². The van der Waals surface area contributed by atoms with Gasteiger partial charge >= 0.3 is 0 Å². The Bertz CT molecular complexity index is 1080. The molecule has 0 aromatic heterocycles. The summed E-state index contributed by atoms with van der Waals surface area (Å²) in [6.45, 7) is 0.115. The predicted molar refractivity (Wildman–Crippen MR) is 128 cm³/mol. The molecule has 0 unspecified atom stereocenters. The molecule has 0 radical (unpaired) electrons. The summed E-state index contributed by atoms with van der Waals surface area (Å²) in [5, 5.41) is 12.2. The lowest BCUT2D eigenvalue weighted by Gasteiger charge is -2.43. The van der Waals surface area contributed by atoms with Crippen LogP contribution in [-0.4, -0.2) is 61.5 Å². The molecule has 9 heteroatoms. The molecule has 2 aromatic rings. The van der Waals surface area contributed by atoms with Gasteiger partial charge < -0.3 is 15.2 Å². The minimum absolute atomic E-state index is 0.0129. The van der Waals surface area contributed by atoms with E-state index in [1.165, 1.54) is 4.90 Å². The summed E-state index contributed by atoms with van der Waals surface area (Å²) in [5.74, 6) is -5.20. The second kappa shape index (κ2) is 11.3. The van der Waals surface area contributed by atoms with Gasteiger partial charge in [0.1, 0.15) is 30.6 Å². The van der Waals surface area contributed by atoms with E-state index in [4.69, 9.17) is 4.74 Å². The number of nitrogens with one attached hydrogen (secondary N) is 1. The highest BCUT2D eigenvalue weighted by Crippen LogP contribution is 2.50. The molecule has 2 atom stereocenters. The van der Waals surface area contributed by atoms with Crippen LogP contribution in [0.25, 0.3) is 5.57 Å². The summed E-state index contributed by atoms with van der Waals surface area (Å²) >= 11 is 0. The molecule has 0 saturated carbocycles. The lowest BCUT2D eigenvalue weighted by atomic mass is 9.84. The Morgan fingerprint density at radius 3 is 2.56 bits per heavy atom. The van der Waals surface area contributed by atoms with E-state index in [-0.39, 0.29) is 17.9 Å². The van der Waals surface area contributed by atoms with Crippen LogP contribution >= 0.6 is 0 Å². The number of fused-ring (bicyclic) bond motifs is 2. The molecule has 2 N–H and O–H groups in total. The van der Waals surface area contributed by atoms with E-state index in [1.807, 2.05) is 24.3 Å². The Hall–Kier alpha value is -2.49. The van der Waals surface area contributed by atoms with Gasteiger partial charge in [0.15, 0.2) is 0 Å². The molecule has 4 rings (SSSR count). The van der Waals surface area contributed by atoms with Crippen molar-refractivity contribution in [2.75, 3.05) is 39.5 Å². The third kappa shape index (κ3) is 5.58. The fraction of sp³-hybridized carbons (Fsp3) is 0.481. The fourth-order valence-corrected chi connectivity index (χ4v) is 5.19. The average molecular weight is 511 g/mol. The summed E-state index contributed by atoms with van der Waals surface area (Å²) in [5.41, 5.74) is 3.32. The van der Waals surface area contributed by atoms with Gasteiger partial charge in [-0.1, -0.05) is 24.3 Å². The first kappa shape index (κ1) is 26.6. The highest BCUT2D eigenvalue weighted by molar-refractivity contribution is 5.79. The summed E-state index contributed by atoms with van der Waals surface area (Å²) in [6.07, 6.45) is 1.24. The van der Waals surface area contributed by atoms with E-state index in [9.17, 15) is 18.3 Å². The van der Waals surface area contributed by atoms with Crippen molar-refractivity contribution in [1.82, 2.24) is 10.2 Å². The zero-order valence-corrected chi connectivity index (χ0v) is 20.2. The number of benzene rings is 2. The minimum Gasteiger partial charge on any atom is -0.492 e. The van der Waals surface area contributed by atoms with Crippen LogP contribution in [-0.2, 0) is 6.42 Å². The third-order valence-electron chi connectivity index (χ3n) is 6.84. The lowest BCUT2D eigenvalue weighted by Crippen LogP contribution is -2.48. The maximum atomic E-state index is 15.5. The quantitative estimate of drug-likeness (QED) is 0.328. The van der Waals surface area contributed by atoms with Crippen molar-refractivity contribution in [2.24, 2.45) is 0 Å². The van der Waals surface area contributed by atoms with E-state index in [2.05, 4.69) is 5.32 Å². The Balaban J connectivity index is 1.67. The molecule has 2 aromatic carbocycles. The highest BCUT2D eigenvalue weighted by Gasteiger charge is 2.45. The molecule has 1 heterocycles. The monoisotopic (exact) mass is 510 g/mol. The molecular weight excluding hydrogens is 479 g/mol. The standard InChI is InChI=1S/C27H31F5N2O2/c1-17-11-21-20-6-3-2-5-18(20)12-22(21)26(34(17)15-27(31,32)16-35)25-23(29)13-19(14-24(25)30)36-10-9-33-8-4-7-28/h2-3,5-6,13-14,17,26,33,35H,4,7-12,15-16H2,1H3/t17-,26+/m1/s1. The molecule has 0 fully saturated rings. The molecule has 0 bridgehead atoms. The van der Waals surface area contributed by atoms with Gasteiger partial charge in [-0.05, 0) is 55.0 Å². The average Bonchev–Trinajstić information content (AvgIpc) is 3.20. The molecular formula is C27H31F5N2O2. The number of aliphatic hydroxyl groups is 1. The second-order valence-electron chi connectivity index (χ2n) is 9.42. The largest absolute Gasteiger partial charge is 0.492 e. The summed E-state index contributed by atoms with van der Waals surface area (Å²) in [4.78, 5) is 1.40. The molecule has 0 spiro atoms. The molecule has 196 valence electrons. The van der Waals surface area contributed by atoms with Crippen LogP contribution in [0.2, 0.25) is 0 Å².